The summed E-state index contributed by atoms with van der Waals surface area (Å²) in [6.07, 6.45) is 5.54. The lowest BCUT2D eigenvalue weighted by Crippen LogP contribution is -2.45. The topological polar surface area (TPSA) is 121 Å². The minimum absolute atomic E-state index is 0.0800. The summed E-state index contributed by atoms with van der Waals surface area (Å²) in [5.41, 5.74) is 1.98. The van der Waals surface area contributed by atoms with E-state index < -0.39 is 5.97 Å². The van der Waals surface area contributed by atoms with Gasteiger partial charge in [-0.3, -0.25) is 19.4 Å². The molecule has 2 bridgehead atoms. The van der Waals surface area contributed by atoms with Crippen LogP contribution in [0.1, 0.15) is 5.56 Å². The van der Waals surface area contributed by atoms with Crippen molar-refractivity contribution in [1.82, 2.24) is 24.4 Å². The SMILES string of the molecule is O=C(O)CN1C[C@H]2COC[C@@H]1CN(Cc1cnn3cccnc13)C2.O=CO. The van der Waals surface area contributed by atoms with Gasteiger partial charge in [-0.25, -0.2) is 9.50 Å². The summed E-state index contributed by atoms with van der Waals surface area (Å²) in [5, 5.41) is 20.4. The van der Waals surface area contributed by atoms with Gasteiger partial charge < -0.3 is 14.9 Å². The molecule has 0 amide bonds. The molecule has 0 radical (unpaired) electrons. The molecule has 146 valence electrons. The molecule has 2 fully saturated rings. The molecule has 0 unspecified atom stereocenters. The monoisotopic (exact) mass is 377 g/mol. The Morgan fingerprint density at radius 2 is 2.15 bits per heavy atom. The van der Waals surface area contributed by atoms with Crippen LogP contribution in [-0.4, -0.2) is 92.5 Å². The molecule has 10 nitrogen and oxygen atoms in total. The molecule has 10 heteroatoms. The molecule has 2 aliphatic rings. The van der Waals surface area contributed by atoms with Crippen LogP contribution < -0.4 is 0 Å². The van der Waals surface area contributed by atoms with Gasteiger partial charge in [-0.05, 0) is 6.07 Å². The minimum atomic E-state index is -0.777. The van der Waals surface area contributed by atoms with E-state index in [0.29, 0.717) is 19.1 Å². The van der Waals surface area contributed by atoms with Crippen LogP contribution in [0.25, 0.3) is 5.65 Å². The molecule has 2 aromatic rings. The number of hydrogen-bond acceptors (Lipinski definition) is 7. The van der Waals surface area contributed by atoms with Gasteiger partial charge in [-0.15, -0.1) is 0 Å². The largest absolute Gasteiger partial charge is 0.483 e. The molecule has 4 heterocycles. The number of rotatable bonds is 4. The molecule has 2 saturated heterocycles. The third-order valence-electron chi connectivity index (χ3n) is 4.74. The average Bonchev–Trinajstić information content (AvgIpc) is 2.82. The van der Waals surface area contributed by atoms with Crippen LogP contribution >= 0.6 is 0 Å². The first-order valence-electron chi connectivity index (χ1n) is 8.71. The van der Waals surface area contributed by atoms with Gasteiger partial charge in [0.25, 0.3) is 6.47 Å². The second kappa shape index (κ2) is 8.89. The van der Waals surface area contributed by atoms with E-state index >= 15 is 0 Å². The highest BCUT2D eigenvalue weighted by Gasteiger charge is 2.34. The van der Waals surface area contributed by atoms with Gasteiger partial charge in [-0.1, -0.05) is 0 Å². The normalized spacial score (nSPS) is 23.3. The van der Waals surface area contributed by atoms with Crippen molar-refractivity contribution in [1.29, 1.82) is 0 Å². The average molecular weight is 377 g/mol. The van der Waals surface area contributed by atoms with Crippen LogP contribution in [0, 0.1) is 5.92 Å². The fourth-order valence-electron chi connectivity index (χ4n) is 3.75. The summed E-state index contributed by atoms with van der Waals surface area (Å²) in [5.74, 6) is -0.451. The first-order valence-corrected chi connectivity index (χ1v) is 8.71. The zero-order chi connectivity index (χ0) is 19.2. The van der Waals surface area contributed by atoms with Gasteiger partial charge in [-0.2, -0.15) is 5.10 Å². The van der Waals surface area contributed by atoms with Crippen molar-refractivity contribution in [3.8, 4) is 0 Å². The fourth-order valence-corrected chi connectivity index (χ4v) is 3.75. The van der Waals surface area contributed by atoms with Gasteiger partial charge in [0.2, 0.25) is 0 Å². The van der Waals surface area contributed by atoms with E-state index in [1.807, 2.05) is 23.4 Å². The number of carboxylic acids is 1. The second-order valence-corrected chi connectivity index (χ2v) is 6.74. The molecule has 27 heavy (non-hydrogen) atoms. The van der Waals surface area contributed by atoms with E-state index in [4.69, 9.17) is 19.7 Å². The summed E-state index contributed by atoms with van der Waals surface area (Å²) in [6.45, 7) is 4.36. The fraction of sp³-hybridized carbons (Fsp3) is 0.529. The van der Waals surface area contributed by atoms with Crippen LogP contribution in [-0.2, 0) is 20.9 Å². The molecule has 2 aliphatic heterocycles. The van der Waals surface area contributed by atoms with E-state index in [1.165, 1.54) is 0 Å². The molecular formula is C17H23N5O5. The number of carbonyl (C=O) groups is 2. The van der Waals surface area contributed by atoms with E-state index in [1.54, 1.807) is 10.7 Å². The molecule has 2 atom stereocenters. The lowest BCUT2D eigenvalue weighted by molar-refractivity contribution is -0.139. The predicted molar refractivity (Wildman–Crippen MR) is 94.3 cm³/mol. The number of fused-ring (bicyclic) bond motifs is 4. The Balaban J connectivity index is 0.000000659. The van der Waals surface area contributed by atoms with Crippen molar-refractivity contribution >= 4 is 18.1 Å². The Morgan fingerprint density at radius 1 is 1.33 bits per heavy atom. The van der Waals surface area contributed by atoms with Crippen molar-refractivity contribution in [2.24, 2.45) is 5.92 Å². The maximum absolute atomic E-state index is 11.1. The third kappa shape index (κ3) is 4.79. The van der Waals surface area contributed by atoms with E-state index in [9.17, 15) is 4.79 Å². The van der Waals surface area contributed by atoms with Crippen molar-refractivity contribution < 1.29 is 24.5 Å². The summed E-state index contributed by atoms with van der Waals surface area (Å²) in [7, 11) is 0. The van der Waals surface area contributed by atoms with E-state index in [2.05, 4.69) is 15.0 Å². The maximum atomic E-state index is 11.1. The van der Waals surface area contributed by atoms with Gasteiger partial charge in [0.1, 0.15) is 0 Å². The molecule has 0 aromatic carbocycles. The highest BCUT2D eigenvalue weighted by molar-refractivity contribution is 5.69. The van der Waals surface area contributed by atoms with Gasteiger partial charge in [0.05, 0.1) is 26.0 Å². The molecular weight excluding hydrogens is 354 g/mol. The number of aliphatic carboxylic acids is 1. The standard InChI is InChI=1S/C16H21N5O3.CH2O2/c22-15(23)9-20-6-12-5-19(8-14(20)11-24-10-12)7-13-4-18-21-3-1-2-17-16(13)21;2-1-3/h1-4,12,14H,5-11H2,(H,22,23);1H,(H,2,3)/t12-,14-;/m0./s1. The van der Waals surface area contributed by atoms with Gasteiger partial charge >= 0.3 is 5.97 Å². The molecule has 2 N–H and O–H groups in total. The lowest BCUT2D eigenvalue weighted by Gasteiger charge is -2.30. The van der Waals surface area contributed by atoms with Crippen molar-refractivity contribution in [2.45, 2.75) is 12.6 Å². The van der Waals surface area contributed by atoms with Crippen molar-refractivity contribution in [3.05, 3.63) is 30.2 Å². The van der Waals surface area contributed by atoms with Crippen LogP contribution in [0.15, 0.2) is 24.7 Å². The highest BCUT2D eigenvalue weighted by Crippen LogP contribution is 2.21. The van der Waals surface area contributed by atoms with Gasteiger partial charge in [0.15, 0.2) is 5.65 Å². The Labute approximate surface area is 156 Å². The summed E-state index contributed by atoms with van der Waals surface area (Å²) < 4.78 is 7.52. The number of carboxylic acid groups (broad SMARTS) is 2. The minimum Gasteiger partial charge on any atom is -0.483 e. The summed E-state index contributed by atoms with van der Waals surface area (Å²) in [4.78, 5) is 28.3. The Morgan fingerprint density at radius 3 is 2.93 bits per heavy atom. The van der Waals surface area contributed by atoms with Crippen LogP contribution in [0.3, 0.4) is 0 Å². The zero-order valence-electron chi connectivity index (χ0n) is 14.8. The first kappa shape index (κ1) is 19.2. The van der Waals surface area contributed by atoms with Crippen LogP contribution in [0.2, 0.25) is 0 Å². The quantitative estimate of drug-likeness (QED) is 0.689. The molecule has 0 aliphatic carbocycles. The molecule has 4 rings (SSSR count). The number of aromatic nitrogens is 3. The van der Waals surface area contributed by atoms with E-state index in [0.717, 1.165) is 37.4 Å². The van der Waals surface area contributed by atoms with Crippen LogP contribution in [0.5, 0.6) is 0 Å². The zero-order valence-corrected chi connectivity index (χ0v) is 14.8. The lowest BCUT2D eigenvalue weighted by atomic mass is 10.1. The smallest absolute Gasteiger partial charge is 0.317 e. The molecule has 0 saturated carbocycles. The molecule has 2 aromatic heterocycles. The summed E-state index contributed by atoms with van der Waals surface area (Å²) >= 11 is 0. The first-order chi connectivity index (χ1) is 13.1. The Bertz CT molecular complexity index is 782. The van der Waals surface area contributed by atoms with E-state index in [-0.39, 0.29) is 19.1 Å². The second-order valence-electron chi connectivity index (χ2n) is 6.74. The Kier molecular flexibility index (Phi) is 6.32. The predicted octanol–water partition coefficient (Wildman–Crippen LogP) is -0.353. The van der Waals surface area contributed by atoms with Crippen LogP contribution in [0.4, 0.5) is 0 Å². The number of nitrogens with zero attached hydrogens (tertiary/aromatic N) is 5. The van der Waals surface area contributed by atoms with Crippen molar-refractivity contribution in [3.63, 3.8) is 0 Å². The summed E-state index contributed by atoms with van der Waals surface area (Å²) in [6, 6.07) is 1.98. The number of hydrogen-bond donors (Lipinski definition) is 2. The highest BCUT2D eigenvalue weighted by atomic mass is 16.5. The third-order valence-corrected chi connectivity index (χ3v) is 4.74. The van der Waals surface area contributed by atoms with Crippen molar-refractivity contribution in [2.75, 3.05) is 39.4 Å². The molecule has 0 spiro atoms. The number of ether oxygens (including phenoxy) is 1. The maximum Gasteiger partial charge on any atom is 0.317 e. The Hall–Kier alpha value is -2.56. The van der Waals surface area contributed by atoms with Gasteiger partial charge in [0, 0.05) is 56.1 Å².